The number of aromatic hydroxyl groups is 1. The van der Waals surface area contributed by atoms with Crippen LogP contribution in [0.15, 0.2) is 18.3 Å². The quantitative estimate of drug-likeness (QED) is 0.660. The third kappa shape index (κ3) is 1.17. The van der Waals surface area contributed by atoms with Gasteiger partial charge in [-0.25, -0.2) is 18.2 Å². The van der Waals surface area contributed by atoms with Gasteiger partial charge in [-0.15, -0.1) is 0 Å². The molecule has 1 aromatic carbocycles. The number of aromatic nitrogens is 1. The first kappa shape index (κ1) is 8.80. The molecule has 1 aromatic heterocycles. The standard InChI is InChI=1S/C9H4F3NO/c10-6-2-7(11)8(12)9-5(6)1-4(14)3-13-9/h1-3,14H. The summed E-state index contributed by atoms with van der Waals surface area (Å²) in [6.07, 6.45) is 0.921. The van der Waals surface area contributed by atoms with Gasteiger partial charge in [0.2, 0.25) is 0 Å². The van der Waals surface area contributed by atoms with Crippen LogP contribution >= 0.6 is 0 Å². The molecule has 0 spiro atoms. The van der Waals surface area contributed by atoms with Gasteiger partial charge in [0.15, 0.2) is 11.6 Å². The van der Waals surface area contributed by atoms with Crippen LogP contribution in [-0.2, 0) is 0 Å². The normalized spacial score (nSPS) is 10.8. The molecule has 0 fully saturated rings. The maximum atomic E-state index is 13.0. The van der Waals surface area contributed by atoms with E-state index in [0.717, 1.165) is 12.3 Å². The molecule has 0 bridgehead atoms. The molecule has 5 heteroatoms. The number of benzene rings is 1. The van der Waals surface area contributed by atoms with Crippen molar-refractivity contribution >= 4 is 10.9 Å². The van der Waals surface area contributed by atoms with E-state index in [9.17, 15) is 13.2 Å². The van der Waals surface area contributed by atoms with E-state index < -0.39 is 23.0 Å². The Morgan fingerprint density at radius 2 is 1.79 bits per heavy atom. The molecule has 2 nitrogen and oxygen atoms in total. The van der Waals surface area contributed by atoms with E-state index in [1.165, 1.54) is 0 Å². The highest BCUT2D eigenvalue weighted by Crippen LogP contribution is 2.24. The molecule has 1 heterocycles. The SMILES string of the molecule is Oc1cnc2c(F)c(F)cc(F)c2c1. The van der Waals surface area contributed by atoms with Crippen molar-refractivity contribution in [1.29, 1.82) is 0 Å². The average Bonchev–Trinajstić information content (AvgIpc) is 2.14. The summed E-state index contributed by atoms with van der Waals surface area (Å²) in [5.41, 5.74) is -0.430. The van der Waals surface area contributed by atoms with Crippen LogP contribution in [-0.4, -0.2) is 10.1 Å². The second-order valence-electron chi connectivity index (χ2n) is 2.74. The number of pyridine rings is 1. The first-order chi connectivity index (χ1) is 6.59. The summed E-state index contributed by atoms with van der Waals surface area (Å²) in [6.45, 7) is 0. The third-order valence-electron chi connectivity index (χ3n) is 1.80. The fourth-order valence-electron chi connectivity index (χ4n) is 1.18. The Balaban J connectivity index is 2.94. The Kier molecular flexibility index (Phi) is 1.80. The number of hydrogen-bond acceptors (Lipinski definition) is 2. The Labute approximate surface area is 76.6 Å². The topological polar surface area (TPSA) is 33.1 Å². The van der Waals surface area contributed by atoms with Gasteiger partial charge < -0.3 is 5.11 Å². The minimum Gasteiger partial charge on any atom is -0.506 e. The molecule has 14 heavy (non-hydrogen) atoms. The van der Waals surface area contributed by atoms with E-state index in [0.29, 0.717) is 6.07 Å². The Morgan fingerprint density at radius 1 is 1.07 bits per heavy atom. The first-order valence-corrected chi connectivity index (χ1v) is 3.72. The molecule has 0 amide bonds. The lowest BCUT2D eigenvalue weighted by Gasteiger charge is -2.01. The van der Waals surface area contributed by atoms with Crippen LogP contribution < -0.4 is 0 Å². The van der Waals surface area contributed by atoms with Crippen LogP contribution in [0.1, 0.15) is 0 Å². The minimum atomic E-state index is -1.30. The Hall–Kier alpha value is -1.78. The Morgan fingerprint density at radius 3 is 2.50 bits per heavy atom. The van der Waals surface area contributed by atoms with Gasteiger partial charge in [-0.05, 0) is 6.07 Å². The fourth-order valence-corrected chi connectivity index (χ4v) is 1.18. The molecular formula is C9H4F3NO. The summed E-state index contributed by atoms with van der Waals surface area (Å²) < 4.78 is 38.8. The zero-order valence-electron chi connectivity index (χ0n) is 6.76. The first-order valence-electron chi connectivity index (χ1n) is 3.72. The summed E-state index contributed by atoms with van der Waals surface area (Å²) in [4.78, 5) is 3.40. The van der Waals surface area contributed by atoms with Gasteiger partial charge >= 0.3 is 0 Å². The molecule has 1 N–H and O–H groups in total. The molecule has 0 saturated heterocycles. The number of nitrogens with zero attached hydrogens (tertiary/aromatic N) is 1. The van der Waals surface area contributed by atoms with Crippen molar-refractivity contribution in [2.75, 3.05) is 0 Å². The van der Waals surface area contributed by atoms with Crippen molar-refractivity contribution in [3.63, 3.8) is 0 Å². The number of halogens is 3. The van der Waals surface area contributed by atoms with E-state index in [2.05, 4.69) is 4.98 Å². The predicted octanol–water partition coefficient (Wildman–Crippen LogP) is 2.36. The average molecular weight is 199 g/mol. The van der Waals surface area contributed by atoms with Crippen molar-refractivity contribution in [2.45, 2.75) is 0 Å². The summed E-state index contributed by atoms with van der Waals surface area (Å²) in [5.74, 6) is -3.78. The molecule has 0 aliphatic heterocycles. The second kappa shape index (κ2) is 2.87. The predicted molar refractivity (Wildman–Crippen MR) is 43.3 cm³/mol. The highest BCUT2D eigenvalue weighted by atomic mass is 19.2. The third-order valence-corrected chi connectivity index (χ3v) is 1.80. The molecule has 0 saturated carbocycles. The van der Waals surface area contributed by atoms with Crippen molar-refractivity contribution in [1.82, 2.24) is 4.98 Å². The van der Waals surface area contributed by atoms with E-state index >= 15 is 0 Å². The smallest absolute Gasteiger partial charge is 0.185 e. The Bertz CT molecular complexity index is 513. The van der Waals surface area contributed by atoms with Gasteiger partial charge in [-0.2, -0.15) is 0 Å². The van der Waals surface area contributed by atoms with Gasteiger partial charge in [-0.1, -0.05) is 0 Å². The molecule has 0 unspecified atom stereocenters. The van der Waals surface area contributed by atoms with Gasteiger partial charge in [-0.3, -0.25) is 0 Å². The molecule has 72 valence electrons. The summed E-state index contributed by atoms with van der Waals surface area (Å²) in [6, 6.07) is 1.40. The minimum absolute atomic E-state index is 0.246. The van der Waals surface area contributed by atoms with E-state index in [-0.39, 0.29) is 11.1 Å². The summed E-state index contributed by atoms with van der Waals surface area (Å²) in [7, 11) is 0. The largest absolute Gasteiger partial charge is 0.506 e. The van der Waals surface area contributed by atoms with Crippen LogP contribution in [0, 0.1) is 17.5 Å². The summed E-state index contributed by atoms with van der Waals surface area (Å²) >= 11 is 0. The van der Waals surface area contributed by atoms with E-state index in [4.69, 9.17) is 5.11 Å². The molecule has 0 aliphatic rings. The second-order valence-corrected chi connectivity index (χ2v) is 2.74. The van der Waals surface area contributed by atoms with Crippen LogP contribution in [0.5, 0.6) is 5.75 Å². The van der Waals surface area contributed by atoms with Crippen molar-refractivity contribution < 1.29 is 18.3 Å². The van der Waals surface area contributed by atoms with Crippen LogP contribution in [0.3, 0.4) is 0 Å². The monoisotopic (exact) mass is 199 g/mol. The maximum absolute atomic E-state index is 13.0. The molecule has 2 aromatic rings. The fraction of sp³-hybridized carbons (Fsp3) is 0. The zero-order chi connectivity index (χ0) is 10.3. The van der Waals surface area contributed by atoms with Crippen LogP contribution in [0.2, 0.25) is 0 Å². The molecule has 0 radical (unpaired) electrons. The number of fused-ring (bicyclic) bond motifs is 1. The van der Waals surface area contributed by atoms with Crippen molar-refractivity contribution in [3.8, 4) is 5.75 Å². The molecule has 2 rings (SSSR count). The lowest BCUT2D eigenvalue weighted by atomic mass is 10.2. The van der Waals surface area contributed by atoms with Gasteiger partial charge in [0.05, 0.1) is 6.20 Å². The maximum Gasteiger partial charge on any atom is 0.185 e. The van der Waals surface area contributed by atoms with Crippen LogP contribution in [0.25, 0.3) is 10.9 Å². The zero-order valence-corrected chi connectivity index (χ0v) is 6.76. The van der Waals surface area contributed by atoms with Gasteiger partial charge in [0.25, 0.3) is 0 Å². The highest BCUT2D eigenvalue weighted by Gasteiger charge is 2.13. The van der Waals surface area contributed by atoms with Gasteiger partial charge in [0, 0.05) is 11.5 Å². The summed E-state index contributed by atoms with van der Waals surface area (Å²) in [5, 5.41) is 8.72. The van der Waals surface area contributed by atoms with Crippen LogP contribution in [0.4, 0.5) is 13.2 Å². The van der Waals surface area contributed by atoms with Gasteiger partial charge in [0.1, 0.15) is 17.1 Å². The number of rotatable bonds is 0. The lowest BCUT2D eigenvalue weighted by Crippen LogP contribution is -1.92. The van der Waals surface area contributed by atoms with E-state index in [1.54, 1.807) is 0 Å². The van der Waals surface area contributed by atoms with Crippen molar-refractivity contribution in [2.24, 2.45) is 0 Å². The highest BCUT2D eigenvalue weighted by molar-refractivity contribution is 5.80. The number of hydrogen-bond donors (Lipinski definition) is 1. The molecular weight excluding hydrogens is 195 g/mol. The molecule has 0 atom stereocenters. The molecule has 0 aliphatic carbocycles. The van der Waals surface area contributed by atoms with Crippen molar-refractivity contribution in [3.05, 3.63) is 35.8 Å². The van der Waals surface area contributed by atoms with E-state index in [1.807, 2.05) is 0 Å². The lowest BCUT2D eigenvalue weighted by molar-refractivity contribution is 0.472.